The molecule has 1 N–H and O–H groups in total. The molecule has 3 nitrogen and oxygen atoms in total. The predicted molar refractivity (Wildman–Crippen MR) is 89.5 cm³/mol. The summed E-state index contributed by atoms with van der Waals surface area (Å²) < 4.78 is 5.24. The Balaban J connectivity index is 0.00000220. The number of hydrogen-bond acceptors (Lipinski definition) is 3. The van der Waals surface area contributed by atoms with E-state index in [1.54, 1.807) is 7.11 Å². The molecule has 0 heterocycles. The van der Waals surface area contributed by atoms with Crippen molar-refractivity contribution in [3.05, 3.63) is 29.8 Å². The standard InChI is InChI=1S/C17H27NO2.ClH/c1-18(2)12-16(15-6-4-5-7-17(15)19)13-8-10-14(20-3)11-9-13;/h8-11,15-17,19H,4-7,12H2,1-3H3;1H/t15-,16?,17+;/m1./s1. The number of rotatable bonds is 5. The van der Waals surface area contributed by atoms with Crippen LogP contribution in [0.3, 0.4) is 0 Å². The Bertz CT molecular complexity index is 408. The Morgan fingerprint density at radius 1 is 1.19 bits per heavy atom. The number of benzene rings is 1. The molecule has 0 bridgehead atoms. The first-order chi connectivity index (χ1) is 9.61. The topological polar surface area (TPSA) is 32.7 Å². The molecule has 4 heteroatoms. The van der Waals surface area contributed by atoms with E-state index in [0.717, 1.165) is 31.6 Å². The molecule has 1 fully saturated rings. The summed E-state index contributed by atoms with van der Waals surface area (Å²) in [6.07, 6.45) is 4.32. The average molecular weight is 314 g/mol. The van der Waals surface area contributed by atoms with Crippen LogP contribution < -0.4 is 4.74 Å². The summed E-state index contributed by atoms with van der Waals surface area (Å²) >= 11 is 0. The van der Waals surface area contributed by atoms with Crippen LogP contribution >= 0.6 is 12.4 Å². The fraction of sp³-hybridized carbons (Fsp3) is 0.647. The van der Waals surface area contributed by atoms with E-state index in [2.05, 4.69) is 31.1 Å². The molecule has 1 aliphatic rings. The van der Waals surface area contributed by atoms with Crippen molar-refractivity contribution in [2.75, 3.05) is 27.7 Å². The van der Waals surface area contributed by atoms with E-state index in [4.69, 9.17) is 4.74 Å². The van der Waals surface area contributed by atoms with Gasteiger partial charge in [0.15, 0.2) is 0 Å². The maximum Gasteiger partial charge on any atom is 0.118 e. The second-order valence-corrected chi connectivity index (χ2v) is 6.16. The maximum atomic E-state index is 10.4. The van der Waals surface area contributed by atoms with Crippen molar-refractivity contribution in [1.82, 2.24) is 4.90 Å². The van der Waals surface area contributed by atoms with Gasteiger partial charge in [0, 0.05) is 12.5 Å². The molecule has 120 valence electrons. The highest BCUT2D eigenvalue weighted by Gasteiger charge is 2.31. The summed E-state index contributed by atoms with van der Waals surface area (Å²) in [5.74, 6) is 1.66. The van der Waals surface area contributed by atoms with Gasteiger partial charge in [0.05, 0.1) is 13.2 Å². The first kappa shape index (κ1) is 18.3. The predicted octanol–water partition coefficient (Wildman–Crippen LogP) is 3.31. The minimum Gasteiger partial charge on any atom is -0.497 e. The second kappa shape index (κ2) is 8.62. The first-order valence-corrected chi connectivity index (χ1v) is 7.58. The van der Waals surface area contributed by atoms with Crippen LogP contribution in [0.15, 0.2) is 24.3 Å². The van der Waals surface area contributed by atoms with Crippen molar-refractivity contribution in [3.63, 3.8) is 0 Å². The van der Waals surface area contributed by atoms with E-state index < -0.39 is 0 Å². The molecule has 0 saturated heterocycles. The highest BCUT2D eigenvalue weighted by molar-refractivity contribution is 5.85. The highest BCUT2D eigenvalue weighted by atomic mass is 35.5. The summed E-state index contributed by atoms with van der Waals surface area (Å²) in [7, 11) is 5.90. The van der Waals surface area contributed by atoms with Gasteiger partial charge in [-0.15, -0.1) is 12.4 Å². The number of methoxy groups -OCH3 is 1. The summed E-state index contributed by atoms with van der Waals surface area (Å²) in [5.41, 5.74) is 1.31. The van der Waals surface area contributed by atoms with E-state index in [9.17, 15) is 5.11 Å². The van der Waals surface area contributed by atoms with E-state index in [-0.39, 0.29) is 18.5 Å². The molecule has 0 aliphatic heterocycles. The van der Waals surface area contributed by atoms with Gasteiger partial charge >= 0.3 is 0 Å². The molecule has 0 amide bonds. The molecule has 1 saturated carbocycles. The Kier molecular flexibility index (Phi) is 7.50. The fourth-order valence-electron chi connectivity index (χ4n) is 3.34. The lowest BCUT2D eigenvalue weighted by Gasteiger charge is -2.36. The SMILES string of the molecule is COc1ccc(C(CN(C)C)[C@H]2CCCC[C@@H]2O)cc1.Cl. The van der Waals surface area contributed by atoms with Gasteiger partial charge in [-0.2, -0.15) is 0 Å². The van der Waals surface area contributed by atoms with Crippen LogP contribution in [0.1, 0.15) is 37.2 Å². The zero-order valence-corrected chi connectivity index (χ0v) is 14.1. The molecule has 0 aromatic heterocycles. The van der Waals surface area contributed by atoms with Gasteiger partial charge in [-0.3, -0.25) is 0 Å². The normalized spacial score (nSPS) is 23.5. The number of nitrogens with zero attached hydrogens (tertiary/aromatic N) is 1. The zero-order chi connectivity index (χ0) is 14.5. The number of likely N-dealkylation sites (N-methyl/N-ethyl adjacent to an activating group) is 1. The van der Waals surface area contributed by atoms with Gasteiger partial charge in [0.2, 0.25) is 0 Å². The fourth-order valence-corrected chi connectivity index (χ4v) is 3.34. The molecule has 1 unspecified atom stereocenters. The van der Waals surface area contributed by atoms with Crippen LogP contribution in [0, 0.1) is 5.92 Å². The van der Waals surface area contributed by atoms with E-state index in [1.165, 1.54) is 12.0 Å². The van der Waals surface area contributed by atoms with Crippen molar-refractivity contribution in [3.8, 4) is 5.75 Å². The third-order valence-corrected chi connectivity index (χ3v) is 4.40. The molecule has 2 rings (SSSR count). The lowest BCUT2D eigenvalue weighted by atomic mass is 9.75. The van der Waals surface area contributed by atoms with Gasteiger partial charge in [-0.1, -0.05) is 25.0 Å². The summed E-state index contributed by atoms with van der Waals surface area (Å²) in [5, 5.41) is 10.4. The Morgan fingerprint density at radius 3 is 2.33 bits per heavy atom. The number of ether oxygens (including phenoxy) is 1. The van der Waals surface area contributed by atoms with Gasteiger partial charge in [-0.05, 0) is 50.6 Å². The smallest absolute Gasteiger partial charge is 0.118 e. The van der Waals surface area contributed by atoms with Crippen LogP contribution in [0.25, 0.3) is 0 Å². The second-order valence-electron chi connectivity index (χ2n) is 6.16. The Morgan fingerprint density at radius 2 is 1.81 bits per heavy atom. The highest BCUT2D eigenvalue weighted by Crippen LogP contribution is 2.37. The van der Waals surface area contributed by atoms with Gasteiger partial charge in [0.25, 0.3) is 0 Å². The summed E-state index contributed by atoms with van der Waals surface area (Å²) in [4.78, 5) is 2.22. The van der Waals surface area contributed by atoms with Gasteiger partial charge in [0.1, 0.15) is 5.75 Å². The first-order valence-electron chi connectivity index (χ1n) is 7.58. The molecular weight excluding hydrogens is 286 g/mol. The molecule has 21 heavy (non-hydrogen) atoms. The van der Waals surface area contributed by atoms with Crippen LogP contribution in [-0.4, -0.2) is 43.9 Å². The lowest BCUT2D eigenvalue weighted by Crippen LogP contribution is -2.35. The molecule has 1 aliphatic carbocycles. The van der Waals surface area contributed by atoms with Crippen molar-refractivity contribution in [2.45, 2.75) is 37.7 Å². The monoisotopic (exact) mass is 313 g/mol. The summed E-state index contributed by atoms with van der Waals surface area (Å²) in [6.45, 7) is 0.980. The summed E-state index contributed by atoms with van der Waals surface area (Å²) in [6, 6.07) is 8.34. The molecule has 0 spiro atoms. The van der Waals surface area contributed by atoms with Crippen LogP contribution in [0.4, 0.5) is 0 Å². The molecule has 0 radical (unpaired) electrons. The van der Waals surface area contributed by atoms with Crippen molar-refractivity contribution >= 4 is 12.4 Å². The Labute approximate surface area is 134 Å². The minimum absolute atomic E-state index is 0. The van der Waals surface area contributed by atoms with Crippen molar-refractivity contribution < 1.29 is 9.84 Å². The molecule has 1 aromatic carbocycles. The number of aliphatic hydroxyl groups is 1. The van der Waals surface area contributed by atoms with Gasteiger partial charge < -0.3 is 14.7 Å². The number of hydrogen-bond donors (Lipinski definition) is 1. The Hall–Kier alpha value is -0.770. The average Bonchev–Trinajstić information content (AvgIpc) is 2.46. The largest absolute Gasteiger partial charge is 0.497 e. The minimum atomic E-state index is -0.157. The third kappa shape index (κ3) is 4.87. The molecule has 3 atom stereocenters. The molecular formula is C17H28ClNO2. The van der Waals surface area contributed by atoms with Crippen LogP contribution in [-0.2, 0) is 0 Å². The third-order valence-electron chi connectivity index (χ3n) is 4.40. The van der Waals surface area contributed by atoms with Gasteiger partial charge in [-0.25, -0.2) is 0 Å². The lowest BCUT2D eigenvalue weighted by molar-refractivity contribution is 0.0494. The van der Waals surface area contributed by atoms with E-state index in [0.29, 0.717) is 11.8 Å². The quantitative estimate of drug-likeness (QED) is 0.905. The number of halogens is 1. The van der Waals surface area contributed by atoms with Crippen LogP contribution in [0.5, 0.6) is 5.75 Å². The van der Waals surface area contributed by atoms with Crippen LogP contribution in [0.2, 0.25) is 0 Å². The van der Waals surface area contributed by atoms with Crippen molar-refractivity contribution in [1.29, 1.82) is 0 Å². The zero-order valence-electron chi connectivity index (χ0n) is 13.3. The van der Waals surface area contributed by atoms with Crippen molar-refractivity contribution in [2.24, 2.45) is 5.92 Å². The maximum absolute atomic E-state index is 10.4. The van der Waals surface area contributed by atoms with E-state index >= 15 is 0 Å². The van der Waals surface area contributed by atoms with E-state index in [1.807, 2.05) is 12.1 Å². The number of aliphatic hydroxyl groups excluding tert-OH is 1. The molecule has 1 aromatic rings.